The first-order valence-electron chi connectivity index (χ1n) is 9.48. The van der Waals surface area contributed by atoms with Gasteiger partial charge in [-0.1, -0.05) is 57.5 Å². The predicted molar refractivity (Wildman–Crippen MR) is 128 cm³/mol. The van der Waals surface area contributed by atoms with E-state index in [-0.39, 0.29) is 17.5 Å². The molecule has 158 valence electrons. The highest BCUT2D eigenvalue weighted by molar-refractivity contribution is 9.10. The van der Waals surface area contributed by atoms with Crippen LogP contribution in [0.1, 0.15) is 11.1 Å². The summed E-state index contributed by atoms with van der Waals surface area (Å²) in [5, 5.41) is 4.06. The highest BCUT2D eigenvalue weighted by Crippen LogP contribution is 2.28. The van der Waals surface area contributed by atoms with E-state index in [1.54, 1.807) is 18.2 Å². The minimum atomic E-state index is -0.275. The van der Waals surface area contributed by atoms with Crippen LogP contribution in [0.2, 0.25) is 5.02 Å². The van der Waals surface area contributed by atoms with Gasteiger partial charge in [0, 0.05) is 4.47 Å². The maximum Gasteiger partial charge on any atom is 0.234 e. The number of anilines is 1. The Balaban J connectivity index is 1.56. The van der Waals surface area contributed by atoms with Crippen molar-refractivity contribution in [2.45, 2.75) is 18.6 Å². The Morgan fingerprint density at radius 2 is 1.94 bits per heavy atom. The van der Waals surface area contributed by atoms with Crippen molar-refractivity contribution in [2.24, 2.45) is 0 Å². The third-order valence-electron chi connectivity index (χ3n) is 4.66. The predicted octanol–water partition coefficient (Wildman–Crippen LogP) is 6.68. The number of aryl methyl sites for hydroxylation is 1. The van der Waals surface area contributed by atoms with Crippen molar-refractivity contribution in [3.8, 4) is 0 Å². The molecule has 0 saturated heterocycles. The normalized spacial score (nSPS) is 11.1. The van der Waals surface area contributed by atoms with E-state index in [0.717, 1.165) is 26.6 Å². The van der Waals surface area contributed by atoms with Crippen LogP contribution < -0.4 is 5.32 Å². The third-order valence-corrected chi connectivity index (χ3v) is 6.44. The molecule has 0 unspecified atom stereocenters. The van der Waals surface area contributed by atoms with Crippen LogP contribution in [0.3, 0.4) is 0 Å². The fourth-order valence-electron chi connectivity index (χ4n) is 3.15. The van der Waals surface area contributed by atoms with Crippen LogP contribution in [-0.4, -0.2) is 21.2 Å². The molecule has 1 heterocycles. The van der Waals surface area contributed by atoms with E-state index >= 15 is 0 Å². The average molecular weight is 519 g/mol. The monoisotopic (exact) mass is 517 g/mol. The summed E-state index contributed by atoms with van der Waals surface area (Å²) < 4.78 is 16.3. The van der Waals surface area contributed by atoms with E-state index in [2.05, 4.69) is 21.2 Å². The van der Waals surface area contributed by atoms with Crippen molar-refractivity contribution < 1.29 is 9.18 Å². The summed E-state index contributed by atoms with van der Waals surface area (Å²) >= 11 is 11.1. The molecule has 31 heavy (non-hydrogen) atoms. The molecule has 0 spiro atoms. The van der Waals surface area contributed by atoms with Gasteiger partial charge in [-0.3, -0.25) is 4.79 Å². The lowest BCUT2D eigenvalue weighted by Gasteiger charge is -2.10. The molecule has 4 rings (SSSR count). The van der Waals surface area contributed by atoms with Crippen LogP contribution in [0.15, 0.2) is 70.3 Å². The molecule has 0 aliphatic heterocycles. The Kier molecular flexibility index (Phi) is 6.65. The van der Waals surface area contributed by atoms with Crippen LogP contribution in [-0.2, 0) is 11.3 Å². The third kappa shape index (κ3) is 5.29. The summed E-state index contributed by atoms with van der Waals surface area (Å²) in [6, 6.07) is 17.7. The van der Waals surface area contributed by atoms with Gasteiger partial charge in [-0.15, -0.1) is 0 Å². The van der Waals surface area contributed by atoms with E-state index in [1.165, 1.54) is 23.9 Å². The highest BCUT2D eigenvalue weighted by Gasteiger charge is 2.15. The summed E-state index contributed by atoms with van der Waals surface area (Å²) in [6.07, 6.45) is 0. The number of halogens is 3. The molecule has 1 N–H and O–H groups in total. The van der Waals surface area contributed by atoms with Crippen molar-refractivity contribution >= 4 is 61.9 Å². The molecule has 8 heteroatoms. The molecule has 1 amide bonds. The van der Waals surface area contributed by atoms with E-state index in [0.29, 0.717) is 22.4 Å². The van der Waals surface area contributed by atoms with Crippen molar-refractivity contribution in [1.29, 1.82) is 0 Å². The second-order valence-corrected chi connectivity index (χ2v) is 9.33. The first-order chi connectivity index (χ1) is 14.9. The molecule has 0 aliphatic carbocycles. The van der Waals surface area contributed by atoms with Crippen LogP contribution in [0.5, 0.6) is 0 Å². The van der Waals surface area contributed by atoms with Crippen LogP contribution >= 0.6 is 39.3 Å². The first-order valence-corrected chi connectivity index (χ1v) is 11.6. The molecule has 0 fully saturated rings. The number of carbonyl (C=O) groups is 1. The average Bonchev–Trinajstić information content (AvgIpc) is 3.07. The van der Waals surface area contributed by atoms with Crippen LogP contribution in [0.4, 0.5) is 10.1 Å². The number of benzene rings is 3. The highest BCUT2D eigenvalue weighted by atomic mass is 79.9. The number of thioether (sulfide) groups is 1. The standard InChI is InChI=1S/C23H18BrClFN3OS/c1-14-2-8-19(18(25)10-14)27-22(30)13-31-23-28-20-9-5-16(24)11-21(20)29(23)12-15-3-6-17(26)7-4-15/h2-11H,12-13H2,1H3,(H,27,30). The summed E-state index contributed by atoms with van der Waals surface area (Å²) in [4.78, 5) is 17.2. The lowest BCUT2D eigenvalue weighted by molar-refractivity contribution is -0.113. The maximum atomic E-state index is 13.3. The summed E-state index contributed by atoms with van der Waals surface area (Å²) in [6.45, 7) is 2.46. The van der Waals surface area contributed by atoms with Gasteiger partial charge in [0.15, 0.2) is 5.16 Å². The number of fused-ring (bicyclic) bond motifs is 1. The van der Waals surface area contributed by atoms with Gasteiger partial charge in [-0.05, 0) is 60.5 Å². The Labute approximate surface area is 196 Å². The maximum absolute atomic E-state index is 13.3. The van der Waals surface area contributed by atoms with Crippen molar-refractivity contribution in [1.82, 2.24) is 9.55 Å². The van der Waals surface area contributed by atoms with Gasteiger partial charge in [0.2, 0.25) is 5.91 Å². The van der Waals surface area contributed by atoms with Crippen LogP contribution in [0, 0.1) is 12.7 Å². The van der Waals surface area contributed by atoms with Crippen LogP contribution in [0.25, 0.3) is 11.0 Å². The van der Waals surface area contributed by atoms with Gasteiger partial charge in [-0.25, -0.2) is 9.37 Å². The number of nitrogens with one attached hydrogen (secondary N) is 1. The van der Waals surface area contributed by atoms with Crippen molar-refractivity contribution in [3.05, 3.63) is 87.1 Å². The zero-order valence-electron chi connectivity index (χ0n) is 16.5. The minimum Gasteiger partial charge on any atom is -0.324 e. The smallest absolute Gasteiger partial charge is 0.234 e. The molecule has 0 radical (unpaired) electrons. The number of hydrogen-bond acceptors (Lipinski definition) is 3. The van der Waals surface area contributed by atoms with E-state index < -0.39 is 0 Å². The zero-order chi connectivity index (χ0) is 22.0. The molecule has 4 aromatic rings. The molecule has 0 bridgehead atoms. The van der Waals surface area contributed by atoms with Gasteiger partial charge in [0.1, 0.15) is 5.82 Å². The van der Waals surface area contributed by atoms with E-state index in [1.807, 2.05) is 41.8 Å². The zero-order valence-corrected chi connectivity index (χ0v) is 19.7. The summed E-state index contributed by atoms with van der Waals surface area (Å²) in [5.74, 6) is -0.265. The lowest BCUT2D eigenvalue weighted by Crippen LogP contribution is -2.15. The number of carbonyl (C=O) groups excluding carboxylic acids is 1. The summed E-state index contributed by atoms with van der Waals surface area (Å²) in [5.41, 5.74) is 4.32. The number of amides is 1. The Morgan fingerprint density at radius 3 is 2.68 bits per heavy atom. The van der Waals surface area contributed by atoms with Crippen molar-refractivity contribution in [3.63, 3.8) is 0 Å². The van der Waals surface area contributed by atoms with Crippen molar-refractivity contribution in [2.75, 3.05) is 11.1 Å². The van der Waals surface area contributed by atoms with Gasteiger partial charge < -0.3 is 9.88 Å². The largest absolute Gasteiger partial charge is 0.324 e. The van der Waals surface area contributed by atoms with E-state index in [4.69, 9.17) is 16.6 Å². The van der Waals surface area contributed by atoms with Gasteiger partial charge >= 0.3 is 0 Å². The molecule has 0 saturated carbocycles. The van der Waals surface area contributed by atoms with E-state index in [9.17, 15) is 9.18 Å². The quantitative estimate of drug-likeness (QED) is 0.290. The second kappa shape index (κ2) is 9.42. The first kappa shape index (κ1) is 21.9. The Hall–Kier alpha value is -2.35. The Bertz CT molecular complexity index is 1260. The van der Waals surface area contributed by atoms with Gasteiger partial charge in [0.25, 0.3) is 0 Å². The lowest BCUT2D eigenvalue weighted by atomic mass is 10.2. The number of imidazole rings is 1. The SMILES string of the molecule is Cc1ccc(NC(=O)CSc2nc3ccc(Br)cc3n2Cc2ccc(F)cc2)c(Cl)c1. The molecular weight excluding hydrogens is 501 g/mol. The summed E-state index contributed by atoms with van der Waals surface area (Å²) in [7, 11) is 0. The molecule has 0 atom stereocenters. The second-order valence-electron chi connectivity index (χ2n) is 7.06. The number of hydrogen-bond donors (Lipinski definition) is 1. The molecule has 1 aromatic heterocycles. The van der Waals surface area contributed by atoms with Gasteiger partial charge in [0.05, 0.1) is 34.0 Å². The topological polar surface area (TPSA) is 46.9 Å². The molecule has 3 aromatic carbocycles. The van der Waals surface area contributed by atoms with Gasteiger partial charge in [-0.2, -0.15) is 0 Å². The minimum absolute atomic E-state index is 0.169. The number of rotatable bonds is 6. The Morgan fingerprint density at radius 1 is 1.16 bits per heavy atom. The number of nitrogens with zero attached hydrogens (tertiary/aromatic N) is 2. The molecule has 4 nitrogen and oxygen atoms in total. The molecular formula is C23H18BrClFN3OS. The fraction of sp³-hybridized carbons (Fsp3) is 0.130. The number of aromatic nitrogens is 2. The fourth-order valence-corrected chi connectivity index (χ4v) is 4.59. The molecule has 0 aliphatic rings.